The molecule has 108 valence electrons. The van der Waals surface area contributed by atoms with Crippen LogP contribution in [0, 0.1) is 27.2 Å². The van der Waals surface area contributed by atoms with Crippen molar-refractivity contribution in [2.45, 2.75) is 0 Å². The average molecular weight is 293 g/mol. The fourth-order valence-corrected chi connectivity index (χ4v) is 1.62. The normalized spacial score (nSPS) is 10.2. The molecule has 0 atom stereocenters. The minimum Gasteiger partial charge on any atom is -0.444 e. The molecule has 0 saturated heterocycles. The van der Waals surface area contributed by atoms with Gasteiger partial charge in [-0.3, -0.25) is 15.5 Å². The summed E-state index contributed by atoms with van der Waals surface area (Å²) in [5, 5.41) is 17.9. The molecule has 0 saturated carbocycles. The van der Waals surface area contributed by atoms with E-state index in [0.29, 0.717) is 0 Å². The van der Waals surface area contributed by atoms with Gasteiger partial charge < -0.3 is 10.5 Å². The third-order valence-electron chi connectivity index (χ3n) is 2.58. The van der Waals surface area contributed by atoms with Crippen molar-refractivity contribution < 1.29 is 18.4 Å². The van der Waals surface area contributed by atoms with Crippen LogP contribution in [0.5, 0.6) is 11.5 Å². The van der Waals surface area contributed by atoms with Crippen molar-refractivity contribution >= 4 is 11.5 Å². The lowest BCUT2D eigenvalue weighted by molar-refractivity contribution is -0.385. The SMILES string of the molecule is N=C(N)c1cc(F)c(Oc2ccccc2[N+](=O)[O-])c(F)c1. The number of hydrogen-bond donors (Lipinski definition) is 2. The average Bonchev–Trinajstić information content (AvgIpc) is 2.42. The summed E-state index contributed by atoms with van der Waals surface area (Å²) in [5.74, 6) is -3.83. The molecule has 0 aliphatic rings. The Hall–Kier alpha value is -3.03. The van der Waals surface area contributed by atoms with E-state index in [4.69, 9.17) is 15.9 Å². The highest BCUT2D eigenvalue weighted by Gasteiger charge is 2.20. The molecule has 2 aromatic carbocycles. The molecule has 2 rings (SSSR count). The van der Waals surface area contributed by atoms with Crippen LogP contribution < -0.4 is 10.5 Å². The molecule has 0 heterocycles. The second-order valence-electron chi connectivity index (χ2n) is 4.01. The molecule has 8 heteroatoms. The molecule has 21 heavy (non-hydrogen) atoms. The van der Waals surface area contributed by atoms with E-state index in [0.717, 1.165) is 18.2 Å². The number of amidine groups is 1. The molecule has 3 N–H and O–H groups in total. The number of nitrogens with one attached hydrogen (secondary N) is 1. The van der Waals surface area contributed by atoms with Gasteiger partial charge in [-0.15, -0.1) is 0 Å². The summed E-state index contributed by atoms with van der Waals surface area (Å²) in [6.07, 6.45) is 0. The first-order valence-corrected chi connectivity index (χ1v) is 5.65. The zero-order chi connectivity index (χ0) is 15.6. The number of nitro groups is 1. The number of ether oxygens (including phenoxy) is 1. The first-order valence-electron chi connectivity index (χ1n) is 5.65. The molecule has 0 bridgehead atoms. The summed E-state index contributed by atoms with van der Waals surface area (Å²) in [6, 6.07) is 6.83. The Labute approximate surface area is 117 Å². The van der Waals surface area contributed by atoms with Gasteiger partial charge in [0.05, 0.1) is 4.92 Å². The van der Waals surface area contributed by atoms with Crippen LogP contribution in [0.15, 0.2) is 36.4 Å². The topological polar surface area (TPSA) is 102 Å². The van der Waals surface area contributed by atoms with E-state index in [-0.39, 0.29) is 11.3 Å². The van der Waals surface area contributed by atoms with Gasteiger partial charge in [0.15, 0.2) is 17.4 Å². The molecule has 0 radical (unpaired) electrons. The van der Waals surface area contributed by atoms with Gasteiger partial charge in [-0.2, -0.15) is 0 Å². The summed E-state index contributed by atoms with van der Waals surface area (Å²) < 4.78 is 32.6. The summed E-state index contributed by atoms with van der Waals surface area (Å²) in [7, 11) is 0. The Bertz CT molecular complexity index is 711. The van der Waals surface area contributed by atoms with Gasteiger partial charge in [0.1, 0.15) is 5.84 Å². The second kappa shape index (κ2) is 5.53. The zero-order valence-electron chi connectivity index (χ0n) is 10.5. The Morgan fingerprint density at radius 3 is 2.33 bits per heavy atom. The Morgan fingerprint density at radius 1 is 1.24 bits per heavy atom. The fraction of sp³-hybridized carbons (Fsp3) is 0. The summed E-state index contributed by atoms with van der Waals surface area (Å²) in [6.45, 7) is 0. The van der Waals surface area contributed by atoms with Crippen molar-refractivity contribution in [3.05, 3.63) is 63.7 Å². The van der Waals surface area contributed by atoms with Crippen LogP contribution in [0.3, 0.4) is 0 Å². The number of halogens is 2. The lowest BCUT2D eigenvalue weighted by atomic mass is 10.2. The largest absolute Gasteiger partial charge is 0.444 e. The first kappa shape index (κ1) is 14.4. The predicted octanol–water partition coefficient (Wildman–Crippen LogP) is 2.95. The Morgan fingerprint density at radius 2 is 1.81 bits per heavy atom. The maximum absolute atomic E-state index is 13.8. The maximum atomic E-state index is 13.8. The quantitative estimate of drug-likeness (QED) is 0.391. The van der Waals surface area contributed by atoms with Crippen LogP contribution in [0.1, 0.15) is 5.56 Å². The first-order chi connectivity index (χ1) is 9.90. The van der Waals surface area contributed by atoms with E-state index < -0.39 is 33.8 Å². The Kier molecular flexibility index (Phi) is 3.79. The third-order valence-corrected chi connectivity index (χ3v) is 2.58. The van der Waals surface area contributed by atoms with E-state index in [9.17, 15) is 18.9 Å². The van der Waals surface area contributed by atoms with Crippen LogP contribution in [0.2, 0.25) is 0 Å². The third kappa shape index (κ3) is 2.94. The molecule has 0 aliphatic carbocycles. The van der Waals surface area contributed by atoms with Crippen LogP contribution in [0.4, 0.5) is 14.5 Å². The number of nitrogen functional groups attached to an aromatic ring is 1. The van der Waals surface area contributed by atoms with Crippen LogP contribution >= 0.6 is 0 Å². The van der Waals surface area contributed by atoms with Crippen molar-refractivity contribution in [3.8, 4) is 11.5 Å². The lowest BCUT2D eigenvalue weighted by Gasteiger charge is -2.09. The number of nitro benzene ring substituents is 1. The van der Waals surface area contributed by atoms with E-state index in [2.05, 4.69) is 0 Å². The number of nitrogens with zero attached hydrogens (tertiary/aromatic N) is 1. The highest BCUT2D eigenvalue weighted by molar-refractivity contribution is 5.95. The molecule has 6 nitrogen and oxygen atoms in total. The highest BCUT2D eigenvalue weighted by atomic mass is 19.1. The van der Waals surface area contributed by atoms with Gasteiger partial charge in [-0.1, -0.05) is 12.1 Å². The lowest BCUT2D eigenvalue weighted by Crippen LogP contribution is -2.12. The molecule has 0 fully saturated rings. The number of benzene rings is 2. The molecule has 0 aromatic heterocycles. The molecule has 0 unspecified atom stereocenters. The van der Waals surface area contributed by atoms with E-state index in [1.165, 1.54) is 18.2 Å². The summed E-state index contributed by atoms with van der Waals surface area (Å²) >= 11 is 0. The van der Waals surface area contributed by atoms with Gasteiger partial charge in [0, 0.05) is 11.6 Å². The molecular weight excluding hydrogens is 284 g/mol. The maximum Gasteiger partial charge on any atom is 0.311 e. The minimum atomic E-state index is -1.11. The zero-order valence-corrected chi connectivity index (χ0v) is 10.5. The van der Waals surface area contributed by atoms with E-state index in [1.807, 2.05) is 0 Å². The molecule has 0 spiro atoms. The predicted molar refractivity (Wildman–Crippen MR) is 70.5 cm³/mol. The highest BCUT2D eigenvalue weighted by Crippen LogP contribution is 2.34. The van der Waals surface area contributed by atoms with Gasteiger partial charge in [-0.25, -0.2) is 8.78 Å². The summed E-state index contributed by atoms with van der Waals surface area (Å²) in [5.41, 5.74) is 4.56. The number of rotatable bonds is 4. The van der Waals surface area contributed by atoms with Crippen molar-refractivity contribution in [3.63, 3.8) is 0 Å². The Balaban J connectivity index is 2.46. The second-order valence-corrected chi connectivity index (χ2v) is 4.01. The molecule has 0 aliphatic heterocycles. The van der Waals surface area contributed by atoms with Gasteiger partial charge in [-0.05, 0) is 18.2 Å². The fourth-order valence-electron chi connectivity index (χ4n) is 1.62. The van der Waals surface area contributed by atoms with Crippen LogP contribution in [0.25, 0.3) is 0 Å². The van der Waals surface area contributed by atoms with Crippen LogP contribution in [-0.4, -0.2) is 10.8 Å². The molecule has 2 aromatic rings. The van der Waals surface area contributed by atoms with Crippen molar-refractivity contribution in [2.75, 3.05) is 0 Å². The number of hydrogen-bond acceptors (Lipinski definition) is 4. The monoisotopic (exact) mass is 293 g/mol. The summed E-state index contributed by atoms with van der Waals surface area (Å²) in [4.78, 5) is 10.1. The smallest absolute Gasteiger partial charge is 0.311 e. The molecular formula is C13H9F2N3O3. The number of para-hydroxylation sites is 2. The molecule has 0 amide bonds. The van der Waals surface area contributed by atoms with Gasteiger partial charge in [0.25, 0.3) is 0 Å². The van der Waals surface area contributed by atoms with E-state index in [1.54, 1.807) is 0 Å². The van der Waals surface area contributed by atoms with Crippen molar-refractivity contribution in [1.82, 2.24) is 0 Å². The van der Waals surface area contributed by atoms with Crippen molar-refractivity contribution in [1.29, 1.82) is 5.41 Å². The van der Waals surface area contributed by atoms with Crippen molar-refractivity contribution in [2.24, 2.45) is 5.73 Å². The minimum absolute atomic E-state index is 0.153. The van der Waals surface area contributed by atoms with Gasteiger partial charge >= 0.3 is 5.69 Å². The standard InChI is InChI=1S/C13H9F2N3O3/c14-8-5-7(13(16)17)6-9(15)12(8)21-11-4-2-1-3-10(11)18(19)20/h1-6H,(H3,16,17). The number of nitrogens with two attached hydrogens (primary N) is 1. The van der Waals surface area contributed by atoms with Gasteiger partial charge in [0.2, 0.25) is 5.75 Å². The van der Waals surface area contributed by atoms with Crippen LogP contribution in [-0.2, 0) is 0 Å². The van der Waals surface area contributed by atoms with E-state index >= 15 is 0 Å².